The van der Waals surface area contributed by atoms with Gasteiger partial charge in [0.1, 0.15) is 6.29 Å². The van der Waals surface area contributed by atoms with Crippen LogP contribution in [0, 0.1) is 0 Å². The second-order valence-corrected chi connectivity index (χ2v) is 17.5. The van der Waals surface area contributed by atoms with E-state index in [1.165, 1.54) is 53.9 Å². The predicted octanol–water partition coefficient (Wildman–Crippen LogP) is 8.43. The number of methoxy groups -OCH3 is 2. The number of hydrogen-bond acceptors (Lipinski definition) is 9. The SMILES string of the molecule is COc1nc2ccccc2cc1-c1cc2cc(C=O)ccc2[nH]1.COc1nc2ccccc2cc1-c1cc2cc(CN3CCCCC3)ccc2[nH]1.CS(=O)(=O)N1CCNCC1. The summed E-state index contributed by atoms with van der Waals surface area (Å²) in [5.74, 6) is 1.23. The zero-order valence-corrected chi connectivity index (χ0v) is 35.6. The summed E-state index contributed by atoms with van der Waals surface area (Å²) in [4.78, 5) is 29.7. The third kappa shape index (κ3) is 9.76. The average molecular weight is 838 g/mol. The van der Waals surface area contributed by atoms with Gasteiger partial charge in [-0.15, -0.1) is 0 Å². The maximum atomic E-state index is 10.9. The minimum Gasteiger partial charge on any atom is -0.480 e. The van der Waals surface area contributed by atoms with E-state index in [1.807, 2.05) is 60.7 Å². The molecule has 8 aromatic rings. The summed E-state index contributed by atoms with van der Waals surface area (Å²) >= 11 is 0. The number of fused-ring (bicyclic) bond motifs is 4. The summed E-state index contributed by atoms with van der Waals surface area (Å²) in [5, 5.41) is 7.47. The van der Waals surface area contributed by atoms with Gasteiger partial charge in [0.05, 0.1) is 54.0 Å². The molecule has 2 aliphatic rings. The number of benzene rings is 4. The highest BCUT2D eigenvalue weighted by Gasteiger charge is 2.18. The molecule has 61 heavy (non-hydrogen) atoms. The van der Waals surface area contributed by atoms with Crippen molar-refractivity contribution in [2.75, 3.05) is 59.7 Å². The van der Waals surface area contributed by atoms with Crippen molar-refractivity contribution in [3.8, 4) is 34.3 Å². The normalized spacial score (nSPS) is 14.9. The monoisotopic (exact) mass is 837 g/mol. The van der Waals surface area contributed by atoms with Crippen LogP contribution in [0.3, 0.4) is 0 Å². The van der Waals surface area contributed by atoms with Gasteiger partial charge < -0.3 is 24.8 Å². The highest BCUT2D eigenvalue weighted by Crippen LogP contribution is 2.35. The number of carbonyl (C=O) groups is 1. The summed E-state index contributed by atoms with van der Waals surface area (Å²) in [6, 6.07) is 36.8. The van der Waals surface area contributed by atoms with Crippen LogP contribution in [-0.4, -0.2) is 104 Å². The first-order chi connectivity index (χ1) is 29.7. The minimum atomic E-state index is -2.93. The standard InChI is InChI=1S/C24H25N3O.C19H14N2O2.C5H12N2O2S/c1-28-24-20(14-18-7-3-4-8-21(18)26-24)23-15-19-13-17(9-10-22(19)25-23)16-27-11-5-2-6-12-27;1-23-19-15(9-13-4-2-3-5-16(13)21-19)18-10-14-8-12(11-22)6-7-17(14)20-18;1-10(8,9)7-4-2-6-3-5-7/h3-4,7-10,13-15,25H,2,5-6,11-12,16H2,1H3;2-11,20H,1H3;6H,2-5H2,1H3. The zero-order valence-electron chi connectivity index (χ0n) is 34.8. The second kappa shape index (κ2) is 18.7. The molecule has 2 fully saturated rings. The fourth-order valence-corrected chi connectivity index (χ4v) is 8.89. The van der Waals surface area contributed by atoms with Crippen LogP contribution in [0.4, 0.5) is 0 Å². The van der Waals surface area contributed by atoms with Crippen LogP contribution in [0.25, 0.3) is 66.1 Å². The van der Waals surface area contributed by atoms with Crippen LogP contribution < -0.4 is 14.8 Å². The van der Waals surface area contributed by atoms with Crippen molar-refractivity contribution in [2.24, 2.45) is 0 Å². The second-order valence-electron chi connectivity index (χ2n) is 15.5. The number of likely N-dealkylation sites (tertiary alicyclic amines) is 1. The van der Waals surface area contributed by atoms with Crippen molar-refractivity contribution in [3.63, 3.8) is 0 Å². The molecule has 13 heteroatoms. The van der Waals surface area contributed by atoms with Gasteiger partial charge in [0.25, 0.3) is 0 Å². The molecule has 0 bridgehead atoms. The van der Waals surface area contributed by atoms with Crippen LogP contribution in [0.1, 0.15) is 35.2 Å². The van der Waals surface area contributed by atoms with E-state index in [9.17, 15) is 13.2 Å². The van der Waals surface area contributed by atoms with Crippen molar-refractivity contribution in [1.29, 1.82) is 0 Å². The number of piperazine rings is 1. The van der Waals surface area contributed by atoms with E-state index in [0.717, 1.165) is 86.7 Å². The molecule has 0 amide bonds. The van der Waals surface area contributed by atoms with Crippen LogP contribution in [0.15, 0.2) is 109 Å². The summed E-state index contributed by atoms with van der Waals surface area (Å²) < 4.78 is 34.3. The number of piperidine rings is 1. The van der Waals surface area contributed by atoms with Crippen LogP contribution in [-0.2, 0) is 16.6 Å². The molecule has 0 spiro atoms. The molecule has 0 aliphatic carbocycles. The topological polar surface area (TPSA) is 146 Å². The third-order valence-electron chi connectivity index (χ3n) is 11.2. The number of aromatic amines is 2. The number of H-pyrrole nitrogens is 2. The molecule has 12 nitrogen and oxygen atoms in total. The highest BCUT2D eigenvalue weighted by atomic mass is 32.2. The van der Waals surface area contributed by atoms with Crippen LogP contribution in [0.2, 0.25) is 0 Å². The highest BCUT2D eigenvalue weighted by molar-refractivity contribution is 7.88. The van der Waals surface area contributed by atoms with Crippen molar-refractivity contribution in [2.45, 2.75) is 25.8 Å². The first kappa shape index (κ1) is 41.6. The van der Waals surface area contributed by atoms with Crippen LogP contribution >= 0.6 is 0 Å². The molecule has 4 aromatic carbocycles. The Balaban J connectivity index is 0.000000140. The molecule has 6 heterocycles. The number of aromatic nitrogens is 4. The Kier molecular flexibility index (Phi) is 12.7. The molecule has 0 saturated carbocycles. The number of nitrogens with zero attached hydrogens (tertiary/aromatic N) is 4. The van der Waals surface area contributed by atoms with Gasteiger partial charge in [-0.05, 0) is 98.2 Å². The summed E-state index contributed by atoms with van der Waals surface area (Å²) in [7, 11) is 0.367. The van der Waals surface area contributed by atoms with Gasteiger partial charge in [-0.25, -0.2) is 18.4 Å². The van der Waals surface area contributed by atoms with Gasteiger partial charge in [-0.1, -0.05) is 48.9 Å². The van der Waals surface area contributed by atoms with Gasteiger partial charge in [-0.3, -0.25) is 9.69 Å². The van der Waals surface area contributed by atoms with E-state index < -0.39 is 10.0 Å². The van der Waals surface area contributed by atoms with Gasteiger partial charge in [0.2, 0.25) is 21.8 Å². The number of sulfonamides is 1. The zero-order chi connectivity index (χ0) is 42.3. The fourth-order valence-electron chi connectivity index (χ4n) is 8.04. The van der Waals surface area contributed by atoms with E-state index in [1.54, 1.807) is 20.3 Å². The number of nitrogens with one attached hydrogen (secondary N) is 3. The number of aldehydes is 1. The van der Waals surface area contributed by atoms with Gasteiger partial charge in [-0.2, -0.15) is 4.31 Å². The van der Waals surface area contributed by atoms with Crippen molar-refractivity contribution >= 4 is 59.9 Å². The van der Waals surface area contributed by atoms with E-state index in [4.69, 9.17) is 9.47 Å². The number of pyridine rings is 2. The molecular weight excluding hydrogens is 787 g/mol. The number of para-hydroxylation sites is 2. The minimum absolute atomic E-state index is 0.575. The Morgan fingerprint density at radius 3 is 1.70 bits per heavy atom. The largest absolute Gasteiger partial charge is 0.480 e. The average Bonchev–Trinajstić information content (AvgIpc) is 3.93. The number of hydrogen-bond donors (Lipinski definition) is 3. The lowest BCUT2D eigenvalue weighted by Gasteiger charge is -2.26. The van der Waals surface area contributed by atoms with Crippen LogP contribution in [0.5, 0.6) is 11.8 Å². The van der Waals surface area contributed by atoms with Crippen molar-refractivity contribution in [3.05, 3.63) is 120 Å². The maximum Gasteiger partial charge on any atom is 0.223 e. The third-order valence-corrected chi connectivity index (χ3v) is 12.5. The van der Waals surface area contributed by atoms with E-state index >= 15 is 0 Å². The Morgan fingerprint density at radius 1 is 0.639 bits per heavy atom. The molecule has 0 atom stereocenters. The smallest absolute Gasteiger partial charge is 0.223 e. The lowest BCUT2D eigenvalue weighted by atomic mass is 10.1. The van der Waals surface area contributed by atoms with E-state index in [0.29, 0.717) is 30.4 Å². The molecule has 10 rings (SSSR count). The lowest BCUT2D eigenvalue weighted by Crippen LogP contribution is -2.45. The molecule has 4 aromatic heterocycles. The first-order valence-electron chi connectivity index (χ1n) is 20.6. The Bertz CT molecular complexity index is 2910. The molecule has 3 N–H and O–H groups in total. The quantitative estimate of drug-likeness (QED) is 0.128. The lowest BCUT2D eigenvalue weighted by molar-refractivity contribution is 0.112. The Hall–Kier alpha value is -6.12. The molecule has 0 unspecified atom stereocenters. The summed E-state index contributed by atoms with van der Waals surface area (Å²) in [5.41, 5.74) is 9.85. The van der Waals surface area contributed by atoms with Gasteiger partial charge in [0, 0.05) is 70.9 Å². The van der Waals surface area contributed by atoms with Gasteiger partial charge in [0.15, 0.2) is 0 Å². The molecular formula is C48H51N7O5S. The predicted molar refractivity (Wildman–Crippen MR) is 245 cm³/mol. The van der Waals surface area contributed by atoms with E-state index in [-0.39, 0.29) is 0 Å². The molecule has 314 valence electrons. The molecule has 2 aliphatic heterocycles. The first-order valence-corrected chi connectivity index (χ1v) is 22.5. The van der Waals surface area contributed by atoms with Crippen molar-refractivity contribution < 1.29 is 22.7 Å². The Morgan fingerprint density at radius 2 is 1.18 bits per heavy atom. The molecule has 0 radical (unpaired) electrons. The van der Waals surface area contributed by atoms with Crippen molar-refractivity contribution in [1.82, 2.24) is 34.5 Å². The number of rotatable bonds is 8. The summed E-state index contributed by atoms with van der Waals surface area (Å²) in [6.45, 7) is 6.24. The number of carbonyl (C=O) groups excluding carboxylic acids is 1. The fraction of sp³-hybridized carbons (Fsp3) is 0.271. The maximum absolute atomic E-state index is 10.9. The Labute approximate surface area is 356 Å². The number of ether oxygens (including phenoxy) is 2. The molecule has 2 saturated heterocycles. The van der Waals surface area contributed by atoms with E-state index in [2.05, 4.69) is 72.6 Å². The summed E-state index contributed by atoms with van der Waals surface area (Å²) in [6.07, 6.45) is 6.12. The van der Waals surface area contributed by atoms with Gasteiger partial charge >= 0.3 is 0 Å².